The van der Waals surface area contributed by atoms with Gasteiger partial charge in [-0.15, -0.1) is 0 Å². The summed E-state index contributed by atoms with van der Waals surface area (Å²) in [7, 11) is 3.71. The summed E-state index contributed by atoms with van der Waals surface area (Å²) in [4.78, 5) is 25.1. The number of aliphatic imine (C=N–C) groups is 1. The van der Waals surface area contributed by atoms with Gasteiger partial charge in [-0.25, -0.2) is 4.99 Å². The van der Waals surface area contributed by atoms with E-state index in [0.29, 0.717) is 0 Å². The number of amides is 1. The minimum atomic E-state index is 0.0787. The zero-order valence-electron chi connectivity index (χ0n) is 19.9. The number of rotatable bonds is 3. The van der Waals surface area contributed by atoms with Crippen molar-refractivity contribution < 1.29 is 9.53 Å². The molecule has 3 aromatic carbocycles. The number of ether oxygens (including phenoxy) is 1. The first-order valence-electron chi connectivity index (χ1n) is 12.1. The zero-order chi connectivity index (χ0) is 23.9. The molecule has 3 aromatic rings. The van der Waals surface area contributed by atoms with Crippen LogP contribution in [0.15, 0.2) is 80.5 Å². The van der Waals surface area contributed by atoms with Gasteiger partial charge in [0.2, 0.25) is 0 Å². The van der Waals surface area contributed by atoms with Crippen LogP contribution in [0.4, 0.5) is 11.4 Å². The summed E-state index contributed by atoms with van der Waals surface area (Å²) in [6, 6.07) is 20.8. The number of thioether (sulfide) groups is 2. The average Bonchev–Trinajstić information content (AvgIpc) is 3.40. The molecule has 0 N–H and O–H groups in total. The molecule has 1 saturated heterocycles. The van der Waals surface area contributed by atoms with Crippen LogP contribution in [0, 0.1) is 0 Å². The minimum absolute atomic E-state index is 0.0787. The smallest absolute Gasteiger partial charge is 0.269 e. The molecule has 0 bridgehead atoms. The number of carbonyl (C=O) groups is 1. The van der Waals surface area contributed by atoms with Gasteiger partial charge in [0.05, 0.1) is 23.5 Å². The third kappa shape index (κ3) is 4.00. The highest BCUT2D eigenvalue weighted by molar-refractivity contribution is 8.19. The number of methoxy groups -OCH3 is 1. The molecule has 6 rings (SSSR count). The Bertz CT molecular complexity index is 1370. The predicted molar refractivity (Wildman–Crippen MR) is 147 cm³/mol. The van der Waals surface area contributed by atoms with E-state index in [1.165, 1.54) is 18.2 Å². The number of hydrogen-bond acceptors (Lipinski definition) is 6. The maximum atomic E-state index is 14.0. The topological polar surface area (TPSA) is 45.1 Å². The van der Waals surface area contributed by atoms with Gasteiger partial charge in [0.15, 0.2) is 5.17 Å². The van der Waals surface area contributed by atoms with Crippen molar-refractivity contribution in [3.05, 3.63) is 70.6 Å². The van der Waals surface area contributed by atoms with Crippen molar-refractivity contribution in [1.82, 2.24) is 4.90 Å². The van der Waals surface area contributed by atoms with Crippen molar-refractivity contribution in [3.63, 3.8) is 0 Å². The van der Waals surface area contributed by atoms with Crippen LogP contribution in [0.2, 0.25) is 0 Å². The lowest BCUT2D eigenvalue weighted by atomic mass is 9.94. The molecule has 2 heterocycles. The van der Waals surface area contributed by atoms with E-state index in [0.717, 1.165) is 73.6 Å². The van der Waals surface area contributed by atoms with Crippen LogP contribution in [0.3, 0.4) is 0 Å². The van der Waals surface area contributed by atoms with Crippen molar-refractivity contribution >= 4 is 56.7 Å². The number of anilines is 1. The molecule has 0 spiro atoms. The second-order valence-electron chi connectivity index (χ2n) is 9.09. The largest absolute Gasteiger partial charge is 0.497 e. The van der Waals surface area contributed by atoms with Gasteiger partial charge >= 0.3 is 0 Å². The molecular formula is C28H27N3O2S2. The summed E-state index contributed by atoms with van der Waals surface area (Å²) < 4.78 is 5.43. The Hall–Kier alpha value is -2.90. The van der Waals surface area contributed by atoms with E-state index < -0.39 is 0 Å². The Morgan fingerprint density at radius 2 is 1.77 bits per heavy atom. The average molecular weight is 502 g/mol. The highest BCUT2D eigenvalue weighted by Crippen LogP contribution is 2.51. The molecular weight excluding hydrogens is 474 g/mol. The Labute approximate surface area is 214 Å². The van der Waals surface area contributed by atoms with Crippen molar-refractivity contribution in [2.45, 2.75) is 43.0 Å². The van der Waals surface area contributed by atoms with E-state index in [4.69, 9.17) is 9.73 Å². The molecule has 178 valence electrons. The fourth-order valence-corrected chi connectivity index (χ4v) is 7.49. The van der Waals surface area contributed by atoms with Crippen molar-refractivity contribution in [1.29, 1.82) is 0 Å². The predicted octanol–water partition coefficient (Wildman–Crippen LogP) is 7.16. The maximum absolute atomic E-state index is 14.0. The quantitative estimate of drug-likeness (QED) is 0.357. The first-order chi connectivity index (χ1) is 17.1. The van der Waals surface area contributed by atoms with Gasteiger partial charge in [0.25, 0.3) is 5.91 Å². The third-order valence-electron chi connectivity index (χ3n) is 6.97. The van der Waals surface area contributed by atoms with Crippen LogP contribution in [-0.2, 0) is 4.79 Å². The summed E-state index contributed by atoms with van der Waals surface area (Å²) in [5, 5.41) is 4.02. The van der Waals surface area contributed by atoms with Gasteiger partial charge in [-0.05, 0) is 48.2 Å². The monoisotopic (exact) mass is 501 g/mol. The second-order valence-corrected chi connectivity index (χ2v) is 11.1. The SMILES string of the molecule is COc1ccc2c(c1)N(C)C(=C1SC(=Nc3cccc4ccccc34)N(C3CCCCC3)C1=O)S2. The first kappa shape index (κ1) is 22.6. The fraction of sp³-hybridized carbons (Fsp3) is 0.286. The van der Waals surface area contributed by atoms with E-state index >= 15 is 0 Å². The molecule has 5 nitrogen and oxygen atoms in total. The molecule has 0 radical (unpaired) electrons. The number of benzene rings is 3. The van der Waals surface area contributed by atoms with Gasteiger partial charge in [-0.1, -0.05) is 67.4 Å². The maximum Gasteiger partial charge on any atom is 0.269 e. The summed E-state index contributed by atoms with van der Waals surface area (Å²) in [5.41, 5.74) is 1.97. The van der Waals surface area contributed by atoms with Crippen LogP contribution in [0.5, 0.6) is 5.75 Å². The summed E-state index contributed by atoms with van der Waals surface area (Å²) in [6.07, 6.45) is 5.62. The zero-order valence-corrected chi connectivity index (χ0v) is 21.5. The van der Waals surface area contributed by atoms with Crippen LogP contribution < -0.4 is 9.64 Å². The Morgan fingerprint density at radius 3 is 2.60 bits per heavy atom. The van der Waals surface area contributed by atoms with Crippen LogP contribution in [-0.4, -0.2) is 36.2 Å². The lowest BCUT2D eigenvalue weighted by Crippen LogP contribution is -2.40. The van der Waals surface area contributed by atoms with E-state index in [1.807, 2.05) is 48.3 Å². The van der Waals surface area contributed by atoms with Crippen molar-refractivity contribution in [2.24, 2.45) is 4.99 Å². The third-order valence-corrected chi connectivity index (χ3v) is 9.38. The van der Waals surface area contributed by atoms with E-state index in [1.54, 1.807) is 18.9 Å². The van der Waals surface area contributed by atoms with Crippen LogP contribution in [0.25, 0.3) is 10.8 Å². The van der Waals surface area contributed by atoms with E-state index in [-0.39, 0.29) is 11.9 Å². The molecule has 7 heteroatoms. The molecule has 1 amide bonds. The molecule has 2 aliphatic heterocycles. The lowest BCUT2D eigenvalue weighted by Gasteiger charge is -2.30. The standard InChI is InChI=1S/C28H27N3O2S2/c1-30-23-17-20(33-2)15-16-24(23)34-27(30)25-26(32)31(19-11-4-3-5-12-19)28(35-25)29-22-14-8-10-18-9-6-7-13-21(18)22/h6-10,13-17,19H,3-5,11-12H2,1-2H3. The molecule has 2 fully saturated rings. The van der Waals surface area contributed by atoms with Crippen molar-refractivity contribution in [2.75, 3.05) is 19.1 Å². The molecule has 0 aromatic heterocycles. The van der Waals surface area contributed by atoms with Gasteiger partial charge in [-0.2, -0.15) is 0 Å². The van der Waals surface area contributed by atoms with Crippen LogP contribution >= 0.6 is 23.5 Å². The van der Waals surface area contributed by atoms with Gasteiger partial charge in [0.1, 0.15) is 10.7 Å². The first-order valence-corrected chi connectivity index (χ1v) is 13.7. The normalized spacial score (nSPS) is 21.9. The lowest BCUT2D eigenvalue weighted by molar-refractivity contribution is -0.124. The highest BCUT2D eigenvalue weighted by Gasteiger charge is 2.42. The summed E-state index contributed by atoms with van der Waals surface area (Å²) in [5.74, 6) is 0.893. The summed E-state index contributed by atoms with van der Waals surface area (Å²) in [6.45, 7) is 0. The molecule has 35 heavy (non-hydrogen) atoms. The Balaban J connectivity index is 1.44. The van der Waals surface area contributed by atoms with Gasteiger partial charge in [-0.3, -0.25) is 9.69 Å². The molecule has 3 aliphatic rings. The summed E-state index contributed by atoms with van der Waals surface area (Å²) >= 11 is 3.17. The molecule has 1 saturated carbocycles. The Kier molecular flexibility index (Phi) is 5.98. The van der Waals surface area contributed by atoms with Gasteiger partial charge in [0, 0.05) is 29.4 Å². The molecule has 0 atom stereocenters. The number of hydrogen-bond donors (Lipinski definition) is 0. The Morgan fingerprint density at radius 1 is 0.971 bits per heavy atom. The number of amidine groups is 1. The molecule has 1 aliphatic carbocycles. The van der Waals surface area contributed by atoms with E-state index in [2.05, 4.69) is 29.2 Å². The second kappa shape index (κ2) is 9.28. The fourth-order valence-electron chi connectivity index (χ4n) is 5.12. The highest BCUT2D eigenvalue weighted by atomic mass is 32.2. The van der Waals surface area contributed by atoms with Crippen LogP contribution in [0.1, 0.15) is 32.1 Å². The van der Waals surface area contributed by atoms with Gasteiger partial charge < -0.3 is 9.64 Å². The van der Waals surface area contributed by atoms with Crippen molar-refractivity contribution in [3.8, 4) is 5.75 Å². The minimum Gasteiger partial charge on any atom is -0.497 e. The number of carbonyl (C=O) groups excluding carboxylic acids is 1. The molecule has 0 unspecified atom stereocenters. The number of fused-ring (bicyclic) bond motifs is 2. The number of nitrogens with zero attached hydrogens (tertiary/aromatic N) is 3. The van der Waals surface area contributed by atoms with E-state index in [9.17, 15) is 4.79 Å².